The van der Waals surface area contributed by atoms with Crippen molar-refractivity contribution in [3.63, 3.8) is 0 Å². The van der Waals surface area contributed by atoms with Gasteiger partial charge in [-0.3, -0.25) is 4.79 Å². The molecule has 0 spiro atoms. The van der Waals surface area contributed by atoms with E-state index in [0.29, 0.717) is 55.1 Å². The lowest BCUT2D eigenvalue weighted by Crippen LogP contribution is -2.53. The Labute approximate surface area is 162 Å². The lowest BCUT2D eigenvalue weighted by atomic mass is 9.95. The summed E-state index contributed by atoms with van der Waals surface area (Å²) in [5, 5.41) is 3.10. The number of ether oxygens (including phenoxy) is 3. The lowest BCUT2D eigenvalue weighted by Gasteiger charge is -2.29. The zero-order valence-electron chi connectivity index (χ0n) is 16.1. The number of carbonyl (C=O) groups is 1. The van der Waals surface area contributed by atoms with Gasteiger partial charge < -0.3 is 25.3 Å². The molecule has 0 radical (unpaired) electrons. The number of hydrogen-bond acceptors (Lipinski definition) is 5. The highest BCUT2D eigenvalue weighted by Crippen LogP contribution is 2.41. The van der Waals surface area contributed by atoms with Gasteiger partial charge in [0.05, 0.1) is 25.4 Å². The zero-order valence-corrected chi connectivity index (χ0v) is 16.9. The average Bonchev–Trinajstić information content (AvgIpc) is 3.43. The molecule has 1 amide bonds. The van der Waals surface area contributed by atoms with Crippen molar-refractivity contribution in [3.8, 4) is 17.2 Å². The molecule has 7 heteroatoms. The Balaban J connectivity index is 0.00000338. The Kier molecular flexibility index (Phi) is 8.50. The van der Waals surface area contributed by atoms with Crippen molar-refractivity contribution in [3.05, 3.63) is 17.7 Å². The van der Waals surface area contributed by atoms with Crippen molar-refractivity contribution >= 4 is 18.3 Å². The van der Waals surface area contributed by atoms with Gasteiger partial charge in [-0.1, -0.05) is 0 Å². The molecule has 1 atom stereocenters. The molecule has 1 unspecified atom stereocenters. The van der Waals surface area contributed by atoms with E-state index >= 15 is 0 Å². The Morgan fingerprint density at radius 1 is 1.12 bits per heavy atom. The molecular weight excluding hydrogens is 356 g/mol. The summed E-state index contributed by atoms with van der Waals surface area (Å²) in [5.74, 6) is 1.83. The van der Waals surface area contributed by atoms with Gasteiger partial charge in [0.2, 0.25) is 5.75 Å². The van der Waals surface area contributed by atoms with Crippen molar-refractivity contribution in [2.45, 2.75) is 46.1 Å². The van der Waals surface area contributed by atoms with Crippen LogP contribution in [0.25, 0.3) is 0 Å². The Morgan fingerprint density at radius 3 is 2.00 bits per heavy atom. The maximum Gasteiger partial charge on any atom is 0.252 e. The highest BCUT2D eigenvalue weighted by molar-refractivity contribution is 5.96. The van der Waals surface area contributed by atoms with Crippen LogP contribution in [0.5, 0.6) is 17.2 Å². The average molecular weight is 387 g/mol. The molecule has 1 saturated carbocycles. The summed E-state index contributed by atoms with van der Waals surface area (Å²) in [6.07, 6.45) is 2.21. The maximum absolute atomic E-state index is 12.8. The minimum atomic E-state index is -0.382. The highest BCUT2D eigenvalue weighted by Gasteiger charge is 2.41. The van der Waals surface area contributed by atoms with Crippen molar-refractivity contribution < 1.29 is 19.0 Å². The van der Waals surface area contributed by atoms with Crippen LogP contribution in [0.4, 0.5) is 0 Å². The largest absolute Gasteiger partial charge is 0.490 e. The SMILES string of the molecule is CCOc1cc(C(=O)NC(C)(CN)C2CC2)cc(OCC)c1OCC.Cl. The molecule has 1 aliphatic rings. The van der Waals surface area contributed by atoms with Crippen LogP contribution in [0.1, 0.15) is 50.9 Å². The molecule has 1 aromatic carbocycles. The number of nitrogens with one attached hydrogen (secondary N) is 1. The van der Waals surface area contributed by atoms with E-state index in [1.165, 1.54) is 0 Å². The van der Waals surface area contributed by atoms with Crippen LogP contribution in [0.2, 0.25) is 0 Å². The molecular formula is C19H31ClN2O4. The normalized spacial score (nSPS) is 15.4. The number of hydrogen-bond donors (Lipinski definition) is 2. The predicted molar refractivity (Wildman–Crippen MR) is 105 cm³/mol. The first-order valence-corrected chi connectivity index (χ1v) is 9.08. The number of nitrogens with two attached hydrogens (primary N) is 1. The topological polar surface area (TPSA) is 82.8 Å². The summed E-state index contributed by atoms with van der Waals surface area (Å²) in [6.45, 7) is 9.52. The fourth-order valence-corrected chi connectivity index (χ4v) is 2.89. The second-order valence-electron chi connectivity index (χ2n) is 6.45. The fourth-order valence-electron chi connectivity index (χ4n) is 2.89. The van der Waals surface area contributed by atoms with Crippen molar-refractivity contribution in [1.82, 2.24) is 5.32 Å². The molecule has 6 nitrogen and oxygen atoms in total. The molecule has 2 rings (SSSR count). The summed E-state index contributed by atoms with van der Waals surface area (Å²) in [5.41, 5.74) is 6.01. The Bertz CT molecular complexity index is 580. The van der Waals surface area contributed by atoms with E-state index in [-0.39, 0.29) is 23.9 Å². The molecule has 3 N–H and O–H groups in total. The van der Waals surface area contributed by atoms with Gasteiger partial charge in [0, 0.05) is 12.1 Å². The van der Waals surface area contributed by atoms with Crippen LogP contribution in [-0.4, -0.2) is 37.8 Å². The third-order valence-electron chi connectivity index (χ3n) is 4.47. The fraction of sp³-hybridized carbons (Fsp3) is 0.632. The van der Waals surface area contributed by atoms with Gasteiger partial charge in [0.15, 0.2) is 11.5 Å². The molecule has 1 aliphatic carbocycles. The van der Waals surface area contributed by atoms with Gasteiger partial charge >= 0.3 is 0 Å². The third-order valence-corrected chi connectivity index (χ3v) is 4.47. The smallest absolute Gasteiger partial charge is 0.252 e. The first-order valence-electron chi connectivity index (χ1n) is 9.08. The molecule has 0 saturated heterocycles. The van der Waals surface area contributed by atoms with E-state index in [0.717, 1.165) is 12.8 Å². The lowest BCUT2D eigenvalue weighted by molar-refractivity contribution is 0.0896. The summed E-state index contributed by atoms with van der Waals surface area (Å²) < 4.78 is 17.0. The van der Waals surface area contributed by atoms with Crippen molar-refractivity contribution in [1.29, 1.82) is 0 Å². The number of amides is 1. The monoisotopic (exact) mass is 386 g/mol. The third kappa shape index (κ3) is 5.17. The summed E-state index contributed by atoms with van der Waals surface area (Å²) in [4.78, 5) is 12.8. The number of halogens is 1. The second kappa shape index (κ2) is 9.88. The van der Waals surface area contributed by atoms with E-state index < -0.39 is 0 Å². The quantitative estimate of drug-likeness (QED) is 0.645. The van der Waals surface area contributed by atoms with Crippen LogP contribution in [-0.2, 0) is 0 Å². The molecule has 0 aliphatic heterocycles. The second-order valence-corrected chi connectivity index (χ2v) is 6.45. The van der Waals surface area contributed by atoms with Crippen LogP contribution in [0, 0.1) is 5.92 Å². The Hall–Kier alpha value is -1.66. The Morgan fingerprint density at radius 2 is 1.62 bits per heavy atom. The van der Waals surface area contributed by atoms with Crippen LogP contribution < -0.4 is 25.3 Å². The maximum atomic E-state index is 12.8. The van der Waals surface area contributed by atoms with Gasteiger partial charge in [-0.15, -0.1) is 12.4 Å². The first kappa shape index (κ1) is 22.4. The van der Waals surface area contributed by atoms with E-state index in [4.69, 9.17) is 19.9 Å². The van der Waals surface area contributed by atoms with Gasteiger partial charge in [0.25, 0.3) is 5.91 Å². The van der Waals surface area contributed by atoms with E-state index in [1.807, 2.05) is 27.7 Å². The van der Waals surface area contributed by atoms with E-state index in [9.17, 15) is 4.79 Å². The van der Waals surface area contributed by atoms with Gasteiger partial charge in [0.1, 0.15) is 0 Å². The number of carbonyl (C=O) groups excluding carboxylic acids is 1. The predicted octanol–water partition coefficient (Wildman–Crippen LogP) is 3.16. The van der Waals surface area contributed by atoms with Crippen molar-refractivity contribution in [2.24, 2.45) is 11.7 Å². The summed E-state index contributed by atoms with van der Waals surface area (Å²) >= 11 is 0. The highest BCUT2D eigenvalue weighted by atomic mass is 35.5. The minimum absolute atomic E-state index is 0. The first-order chi connectivity index (χ1) is 12.0. The molecule has 0 aromatic heterocycles. The van der Waals surface area contributed by atoms with E-state index in [2.05, 4.69) is 5.32 Å². The molecule has 26 heavy (non-hydrogen) atoms. The molecule has 1 fully saturated rings. The van der Waals surface area contributed by atoms with Crippen LogP contribution in [0.15, 0.2) is 12.1 Å². The van der Waals surface area contributed by atoms with Crippen LogP contribution in [0.3, 0.4) is 0 Å². The molecule has 0 bridgehead atoms. The van der Waals surface area contributed by atoms with Gasteiger partial charge in [-0.05, 0) is 58.6 Å². The van der Waals surface area contributed by atoms with Gasteiger partial charge in [-0.25, -0.2) is 0 Å². The number of benzene rings is 1. The van der Waals surface area contributed by atoms with Gasteiger partial charge in [-0.2, -0.15) is 0 Å². The molecule has 0 heterocycles. The van der Waals surface area contributed by atoms with Crippen LogP contribution >= 0.6 is 12.4 Å². The standard InChI is InChI=1S/C19H30N2O4.ClH/c1-5-23-15-10-13(11-16(24-6-2)17(15)25-7-3)18(22)21-19(4,12-20)14-8-9-14;/h10-11,14H,5-9,12,20H2,1-4H3,(H,21,22);1H. The zero-order chi connectivity index (χ0) is 18.4. The summed E-state index contributed by atoms with van der Waals surface area (Å²) in [6, 6.07) is 3.41. The number of rotatable bonds is 10. The van der Waals surface area contributed by atoms with E-state index in [1.54, 1.807) is 12.1 Å². The minimum Gasteiger partial charge on any atom is -0.490 e. The summed E-state index contributed by atoms with van der Waals surface area (Å²) in [7, 11) is 0. The molecule has 1 aromatic rings. The van der Waals surface area contributed by atoms with Crippen molar-refractivity contribution in [2.75, 3.05) is 26.4 Å². The molecule has 148 valence electrons.